The van der Waals surface area contributed by atoms with E-state index in [0.717, 1.165) is 0 Å². The van der Waals surface area contributed by atoms with Crippen molar-refractivity contribution in [3.63, 3.8) is 0 Å². The Morgan fingerprint density at radius 2 is 1.87 bits per heavy atom. The Kier molecular flexibility index (Phi) is 6.59. The number of nitrogens with zero attached hydrogens (tertiary/aromatic N) is 2. The van der Waals surface area contributed by atoms with E-state index in [0.29, 0.717) is 11.4 Å². The summed E-state index contributed by atoms with van der Waals surface area (Å²) < 4.78 is 33.1. The Bertz CT molecular complexity index is 1150. The predicted molar refractivity (Wildman–Crippen MR) is 117 cm³/mol. The minimum Gasteiger partial charge on any atom is -0.495 e. The molecule has 0 aliphatic carbocycles. The monoisotopic (exact) mass is 445 g/mol. The SMILES string of the molecule is CCN(c1ccccc1)S(=O)(=O)c1ccc(OC)c(NC(=O)c2ccnc(Cl)c2)c1. The highest BCUT2D eigenvalue weighted by Gasteiger charge is 2.25. The molecule has 2 aromatic carbocycles. The van der Waals surface area contributed by atoms with Gasteiger partial charge in [-0.3, -0.25) is 9.10 Å². The molecule has 3 rings (SSSR count). The number of nitrogens with one attached hydrogen (secondary N) is 1. The fourth-order valence-corrected chi connectivity index (χ4v) is 4.57. The van der Waals surface area contributed by atoms with E-state index in [2.05, 4.69) is 10.3 Å². The highest BCUT2D eigenvalue weighted by Crippen LogP contribution is 2.31. The molecular formula is C21H20ClN3O4S. The summed E-state index contributed by atoms with van der Waals surface area (Å²) in [5.74, 6) is -0.146. The van der Waals surface area contributed by atoms with Crippen LogP contribution >= 0.6 is 11.6 Å². The summed E-state index contributed by atoms with van der Waals surface area (Å²) in [5, 5.41) is 2.85. The lowest BCUT2D eigenvalue weighted by Gasteiger charge is -2.23. The molecule has 0 aliphatic heterocycles. The van der Waals surface area contributed by atoms with Crippen LogP contribution in [0.3, 0.4) is 0 Å². The topological polar surface area (TPSA) is 88.6 Å². The van der Waals surface area contributed by atoms with E-state index in [4.69, 9.17) is 16.3 Å². The van der Waals surface area contributed by atoms with Crippen molar-refractivity contribution in [1.29, 1.82) is 0 Å². The van der Waals surface area contributed by atoms with Gasteiger partial charge in [-0.1, -0.05) is 29.8 Å². The van der Waals surface area contributed by atoms with Gasteiger partial charge in [-0.05, 0) is 49.4 Å². The summed E-state index contributed by atoms with van der Waals surface area (Å²) in [4.78, 5) is 16.5. The molecule has 0 atom stereocenters. The second-order valence-corrected chi connectivity index (χ2v) is 8.44. The molecule has 1 aromatic heterocycles. The van der Waals surface area contributed by atoms with Gasteiger partial charge in [0, 0.05) is 18.3 Å². The highest BCUT2D eigenvalue weighted by atomic mass is 35.5. The van der Waals surface area contributed by atoms with Crippen molar-refractivity contribution in [3.05, 3.63) is 77.6 Å². The number of aromatic nitrogens is 1. The molecule has 9 heteroatoms. The van der Waals surface area contributed by atoms with Crippen molar-refractivity contribution in [2.75, 3.05) is 23.3 Å². The molecule has 0 aliphatic rings. The fraction of sp³-hybridized carbons (Fsp3) is 0.143. The number of para-hydroxylation sites is 1. The number of halogens is 1. The molecule has 1 amide bonds. The first-order valence-corrected chi connectivity index (χ1v) is 10.9. The van der Waals surface area contributed by atoms with Crippen molar-refractivity contribution in [1.82, 2.24) is 4.98 Å². The van der Waals surface area contributed by atoms with E-state index in [-0.39, 0.29) is 27.8 Å². The number of anilines is 2. The molecule has 1 heterocycles. The number of benzene rings is 2. The molecule has 7 nitrogen and oxygen atoms in total. The van der Waals surface area contributed by atoms with Crippen LogP contribution < -0.4 is 14.4 Å². The summed E-state index contributed by atoms with van der Waals surface area (Å²) in [6.45, 7) is 2.00. The number of ether oxygens (including phenoxy) is 1. The summed E-state index contributed by atoms with van der Waals surface area (Å²) >= 11 is 5.84. The van der Waals surface area contributed by atoms with E-state index in [1.54, 1.807) is 31.2 Å². The first-order chi connectivity index (χ1) is 14.4. The summed E-state index contributed by atoms with van der Waals surface area (Å²) in [5.41, 5.74) is 1.05. The smallest absolute Gasteiger partial charge is 0.264 e. The van der Waals surface area contributed by atoms with Gasteiger partial charge in [-0.25, -0.2) is 13.4 Å². The molecule has 3 aromatic rings. The number of methoxy groups -OCH3 is 1. The molecule has 0 bridgehead atoms. The Balaban J connectivity index is 1.98. The Morgan fingerprint density at radius 3 is 2.50 bits per heavy atom. The van der Waals surface area contributed by atoms with Crippen LogP contribution in [0.4, 0.5) is 11.4 Å². The zero-order chi connectivity index (χ0) is 21.7. The lowest BCUT2D eigenvalue weighted by molar-refractivity contribution is 0.102. The normalized spacial score (nSPS) is 11.0. The minimum absolute atomic E-state index is 0.0251. The number of amides is 1. The standard InChI is InChI=1S/C21H20ClN3O4S/c1-3-25(16-7-5-4-6-8-16)30(27,28)17-9-10-19(29-2)18(14-17)24-21(26)15-11-12-23-20(22)13-15/h4-14H,3H2,1-2H3,(H,24,26). The number of sulfonamides is 1. The van der Waals surface area contributed by atoms with E-state index in [9.17, 15) is 13.2 Å². The van der Waals surface area contributed by atoms with Gasteiger partial charge in [0.15, 0.2) is 0 Å². The van der Waals surface area contributed by atoms with Gasteiger partial charge < -0.3 is 10.1 Å². The third-order valence-electron chi connectivity index (χ3n) is 4.33. The first-order valence-electron chi connectivity index (χ1n) is 9.05. The van der Waals surface area contributed by atoms with Crippen molar-refractivity contribution in [2.24, 2.45) is 0 Å². The van der Waals surface area contributed by atoms with Crippen LogP contribution in [-0.4, -0.2) is 33.0 Å². The number of rotatable bonds is 7. The van der Waals surface area contributed by atoms with Crippen LogP contribution in [0.25, 0.3) is 0 Å². The largest absolute Gasteiger partial charge is 0.495 e. The molecule has 156 valence electrons. The van der Waals surface area contributed by atoms with Crippen LogP contribution in [-0.2, 0) is 10.0 Å². The van der Waals surface area contributed by atoms with Gasteiger partial charge in [0.2, 0.25) is 0 Å². The van der Waals surface area contributed by atoms with Crippen LogP contribution in [0.15, 0.2) is 71.8 Å². The maximum atomic E-state index is 13.3. The van der Waals surface area contributed by atoms with Crippen molar-refractivity contribution in [3.8, 4) is 5.75 Å². The van der Waals surface area contributed by atoms with Crippen LogP contribution in [0.2, 0.25) is 5.15 Å². The summed E-state index contributed by atoms with van der Waals surface area (Å²) in [6.07, 6.45) is 1.41. The Morgan fingerprint density at radius 1 is 1.13 bits per heavy atom. The van der Waals surface area contributed by atoms with Gasteiger partial charge in [-0.15, -0.1) is 0 Å². The van der Waals surface area contributed by atoms with Gasteiger partial charge in [0.25, 0.3) is 15.9 Å². The third-order valence-corrected chi connectivity index (χ3v) is 6.43. The van der Waals surface area contributed by atoms with Gasteiger partial charge in [0.05, 0.1) is 23.4 Å². The molecular weight excluding hydrogens is 426 g/mol. The lowest BCUT2D eigenvalue weighted by Crippen LogP contribution is -2.30. The number of pyridine rings is 1. The molecule has 0 spiro atoms. The molecule has 30 heavy (non-hydrogen) atoms. The quantitative estimate of drug-likeness (QED) is 0.550. The van der Waals surface area contributed by atoms with Crippen molar-refractivity contribution in [2.45, 2.75) is 11.8 Å². The first kappa shape index (κ1) is 21.6. The summed E-state index contributed by atoms with van der Waals surface area (Å²) in [6, 6.07) is 16.0. The van der Waals surface area contributed by atoms with Crippen molar-refractivity contribution >= 4 is 38.9 Å². The van der Waals surface area contributed by atoms with Crippen LogP contribution in [0, 0.1) is 0 Å². The molecule has 1 N–H and O–H groups in total. The average molecular weight is 446 g/mol. The van der Waals surface area contributed by atoms with Crippen molar-refractivity contribution < 1.29 is 17.9 Å². The van der Waals surface area contributed by atoms with Crippen LogP contribution in [0.5, 0.6) is 5.75 Å². The lowest BCUT2D eigenvalue weighted by atomic mass is 10.2. The third kappa shape index (κ3) is 4.55. The average Bonchev–Trinajstić information content (AvgIpc) is 2.74. The van der Waals surface area contributed by atoms with E-state index in [1.165, 1.54) is 47.9 Å². The second-order valence-electron chi connectivity index (χ2n) is 6.19. The number of carbonyl (C=O) groups excluding carboxylic acids is 1. The summed E-state index contributed by atoms with van der Waals surface area (Å²) in [7, 11) is -2.43. The van der Waals surface area contributed by atoms with E-state index < -0.39 is 15.9 Å². The van der Waals surface area contributed by atoms with Gasteiger partial charge in [-0.2, -0.15) is 0 Å². The maximum absolute atomic E-state index is 13.3. The molecule has 0 fully saturated rings. The molecule has 0 saturated heterocycles. The van der Waals surface area contributed by atoms with E-state index >= 15 is 0 Å². The predicted octanol–water partition coefficient (Wildman–Crippen LogP) is 4.21. The number of hydrogen-bond donors (Lipinski definition) is 1. The molecule has 0 unspecified atom stereocenters. The Hall–Kier alpha value is -3.10. The maximum Gasteiger partial charge on any atom is 0.264 e. The van der Waals surface area contributed by atoms with Gasteiger partial charge in [0.1, 0.15) is 10.9 Å². The van der Waals surface area contributed by atoms with Gasteiger partial charge >= 0.3 is 0 Å². The zero-order valence-corrected chi connectivity index (χ0v) is 17.9. The fourth-order valence-electron chi connectivity index (χ4n) is 2.90. The molecule has 0 radical (unpaired) electrons. The molecule has 0 saturated carbocycles. The zero-order valence-electron chi connectivity index (χ0n) is 16.4. The van der Waals surface area contributed by atoms with E-state index in [1.807, 2.05) is 6.07 Å². The highest BCUT2D eigenvalue weighted by molar-refractivity contribution is 7.92. The number of hydrogen-bond acceptors (Lipinski definition) is 5. The van der Waals surface area contributed by atoms with Crippen LogP contribution in [0.1, 0.15) is 17.3 Å². The Labute approximate surface area is 180 Å². The number of carbonyl (C=O) groups is 1. The minimum atomic E-state index is -3.86. The second kappa shape index (κ2) is 9.15.